The first-order chi connectivity index (χ1) is 10.0. The SMILES string of the molecule is CCNCCc1ccc(S(=O)(=O)NCc2csc(C)n2)s1. The molecule has 0 radical (unpaired) electrons. The second-order valence-corrected chi connectivity index (χ2v) is 8.73. The molecule has 2 aromatic heterocycles. The van der Waals surface area contributed by atoms with Crippen molar-refractivity contribution in [2.75, 3.05) is 13.1 Å². The average Bonchev–Trinajstić information content (AvgIpc) is 3.06. The van der Waals surface area contributed by atoms with Crippen molar-refractivity contribution in [2.45, 2.75) is 31.0 Å². The van der Waals surface area contributed by atoms with E-state index >= 15 is 0 Å². The van der Waals surface area contributed by atoms with Gasteiger partial charge in [-0.05, 0) is 38.6 Å². The molecule has 0 aliphatic heterocycles. The quantitative estimate of drug-likeness (QED) is 0.719. The maximum Gasteiger partial charge on any atom is 0.250 e. The van der Waals surface area contributed by atoms with Crippen LogP contribution in [0.4, 0.5) is 0 Å². The van der Waals surface area contributed by atoms with Crippen LogP contribution < -0.4 is 10.0 Å². The second kappa shape index (κ2) is 7.46. The Balaban J connectivity index is 1.95. The van der Waals surface area contributed by atoms with Crippen LogP contribution in [0.5, 0.6) is 0 Å². The van der Waals surface area contributed by atoms with Crippen molar-refractivity contribution in [3.8, 4) is 0 Å². The van der Waals surface area contributed by atoms with E-state index in [2.05, 4.69) is 21.9 Å². The van der Waals surface area contributed by atoms with Crippen molar-refractivity contribution in [2.24, 2.45) is 0 Å². The number of nitrogens with zero attached hydrogens (tertiary/aromatic N) is 1. The summed E-state index contributed by atoms with van der Waals surface area (Å²) >= 11 is 2.84. The van der Waals surface area contributed by atoms with Crippen molar-refractivity contribution >= 4 is 32.7 Å². The van der Waals surface area contributed by atoms with Gasteiger partial charge in [-0.15, -0.1) is 22.7 Å². The number of hydrogen-bond donors (Lipinski definition) is 2. The molecule has 2 rings (SSSR count). The lowest BCUT2D eigenvalue weighted by Gasteiger charge is -2.02. The number of aryl methyl sites for hydroxylation is 1. The van der Waals surface area contributed by atoms with Crippen molar-refractivity contribution in [3.05, 3.63) is 33.1 Å². The maximum atomic E-state index is 12.2. The lowest BCUT2D eigenvalue weighted by atomic mass is 10.3. The summed E-state index contributed by atoms with van der Waals surface area (Å²) < 4.78 is 27.4. The largest absolute Gasteiger partial charge is 0.317 e. The molecule has 0 amide bonds. The summed E-state index contributed by atoms with van der Waals surface area (Å²) in [6, 6.07) is 3.55. The summed E-state index contributed by atoms with van der Waals surface area (Å²) in [6.45, 7) is 5.97. The number of thiazole rings is 1. The molecule has 0 saturated carbocycles. The number of nitrogens with one attached hydrogen (secondary N) is 2. The minimum atomic E-state index is -3.45. The van der Waals surface area contributed by atoms with Gasteiger partial charge < -0.3 is 5.32 Å². The Morgan fingerprint density at radius 1 is 1.33 bits per heavy atom. The summed E-state index contributed by atoms with van der Waals surface area (Å²) in [5.41, 5.74) is 0.755. The van der Waals surface area contributed by atoms with Crippen LogP contribution in [-0.4, -0.2) is 26.5 Å². The highest BCUT2D eigenvalue weighted by Gasteiger charge is 2.17. The van der Waals surface area contributed by atoms with Gasteiger partial charge in [0.05, 0.1) is 17.2 Å². The Bertz CT molecular complexity index is 676. The van der Waals surface area contributed by atoms with Crippen LogP contribution in [0.3, 0.4) is 0 Å². The topological polar surface area (TPSA) is 71.1 Å². The zero-order valence-electron chi connectivity index (χ0n) is 12.0. The van der Waals surface area contributed by atoms with Crippen LogP contribution in [0.25, 0.3) is 0 Å². The average molecular weight is 346 g/mol. The standard InChI is InChI=1S/C13H19N3O2S3/c1-3-14-7-6-12-4-5-13(20-12)21(17,18)15-8-11-9-19-10(2)16-11/h4-5,9,14-15H,3,6-8H2,1-2H3. The lowest BCUT2D eigenvalue weighted by molar-refractivity contribution is 0.582. The van der Waals surface area contributed by atoms with Gasteiger partial charge in [0.1, 0.15) is 4.21 Å². The fourth-order valence-corrected chi connectivity index (χ4v) is 4.77. The third-order valence-corrected chi connectivity index (χ3v) is 6.67. The number of rotatable bonds is 8. The van der Waals surface area contributed by atoms with Crippen molar-refractivity contribution in [1.82, 2.24) is 15.0 Å². The number of thiophene rings is 1. The number of hydrogen-bond acceptors (Lipinski definition) is 6. The van der Waals surface area contributed by atoms with Crippen LogP contribution in [0.15, 0.2) is 21.7 Å². The van der Waals surface area contributed by atoms with Gasteiger partial charge in [0.2, 0.25) is 10.0 Å². The van der Waals surface area contributed by atoms with E-state index in [1.54, 1.807) is 6.07 Å². The van der Waals surface area contributed by atoms with Gasteiger partial charge in [-0.2, -0.15) is 0 Å². The van der Waals surface area contributed by atoms with Crippen molar-refractivity contribution in [1.29, 1.82) is 0 Å². The highest BCUT2D eigenvalue weighted by atomic mass is 32.2. The van der Waals surface area contributed by atoms with Gasteiger partial charge in [0.15, 0.2) is 0 Å². The van der Waals surface area contributed by atoms with E-state index in [1.807, 2.05) is 18.4 Å². The third kappa shape index (κ3) is 4.86. The predicted octanol–water partition coefficient (Wildman–Crippen LogP) is 2.14. The summed E-state index contributed by atoms with van der Waals surface area (Å²) in [5.74, 6) is 0. The molecule has 0 aliphatic carbocycles. The highest BCUT2D eigenvalue weighted by molar-refractivity contribution is 7.91. The third-order valence-electron chi connectivity index (χ3n) is 2.81. The Hall–Kier alpha value is -0.800. The van der Waals surface area contributed by atoms with Crippen LogP contribution in [0.1, 0.15) is 22.5 Å². The van der Waals surface area contributed by atoms with Gasteiger partial charge >= 0.3 is 0 Å². The van der Waals surface area contributed by atoms with E-state index < -0.39 is 10.0 Å². The Morgan fingerprint density at radius 2 is 2.14 bits per heavy atom. The molecule has 0 aromatic carbocycles. The number of aromatic nitrogens is 1. The van der Waals surface area contributed by atoms with Gasteiger partial charge in [-0.25, -0.2) is 18.1 Å². The first-order valence-electron chi connectivity index (χ1n) is 6.71. The smallest absolute Gasteiger partial charge is 0.250 e. The lowest BCUT2D eigenvalue weighted by Crippen LogP contribution is -2.22. The Labute approximate surface area is 133 Å². The molecule has 0 atom stereocenters. The van der Waals surface area contributed by atoms with Crippen LogP contribution >= 0.6 is 22.7 Å². The highest BCUT2D eigenvalue weighted by Crippen LogP contribution is 2.22. The van der Waals surface area contributed by atoms with Crippen molar-refractivity contribution in [3.63, 3.8) is 0 Å². The molecule has 0 saturated heterocycles. The van der Waals surface area contributed by atoms with E-state index in [0.717, 1.165) is 35.1 Å². The van der Waals surface area contributed by atoms with Crippen LogP contribution in [-0.2, 0) is 23.0 Å². The molecular formula is C13H19N3O2S3. The summed E-state index contributed by atoms with van der Waals surface area (Å²) in [5, 5.41) is 6.03. The molecular weight excluding hydrogens is 326 g/mol. The maximum absolute atomic E-state index is 12.2. The predicted molar refractivity (Wildman–Crippen MR) is 87.4 cm³/mol. The van der Waals surface area contributed by atoms with Crippen LogP contribution in [0.2, 0.25) is 0 Å². The zero-order chi connectivity index (χ0) is 15.3. The molecule has 0 fully saturated rings. The second-order valence-electron chi connectivity index (χ2n) is 4.51. The van der Waals surface area contributed by atoms with E-state index in [9.17, 15) is 8.42 Å². The minimum absolute atomic E-state index is 0.233. The molecule has 2 heterocycles. The fourth-order valence-electron chi connectivity index (χ4n) is 1.75. The normalized spacial score (nSPS) is 11.9. The molecule has 2 aromatic rings. The summed E-state index contributed by atoms with van der Waals surface area (Å²) in [4.78, 5) is 5.32. The molecule has 116 valence electrons. The number of sulfonamides is 1. The van der Waals surface area contributed by atoms with Gasteiger partial charge in [0, 0.05) is 10.3 Å². The Kier molecular flexibility index (Phi) is 5.88. The first kappa shape index (κ1) is 16.6. The van der Waals surface area contributed by atoms with E-state index in [0.29, 0.717) is 4.21 Å². The van der Waals surface area contributed by atoms with Gasteiger partial charge in [-0.1, -0.05) is 6.92 Å². The van der Waals surface area contributed by atoms with E-state index in [1.165, 1.54) is 22.7 Å². The molecule has 0 bridgehead atoms. The molecule has 8 heteroatoms. The monoisotopic (exact) mass is 345 g/mol. The summed E-state index contributed by atoms with van der Waals surface area (Å²) in [7, 11) is -3.45. The van der Waals surface area contributed by atoms with Gasteiger partial charge in [0.25, 0.3) is 0 Å². The molecule has 0 unspecified atom stereocenters. The molecule has 0 spiro atoms. The molecule has 0 aliphatic rings. The van der Waals surface area contributed by atoms with E-state index in [-0.39, 0.29) is 6.54 Å². The van der Waals surface area contributed by atoms with Crippen molar-refractivity contribution < 1.29 is 8.42 Å². The zero-order valence-corrected chi connectivity index (χ0v) is 14.5. The number of likely N-dealkylation sites (N-methyl/N-ethyl adjacent to an activating group) is 1. The first-order valence-corrected chi connectivity index (χ1v) is 9.89. The molecule has 5 nitrogen and oxygen atoms in total. The molecule has 2 N–H and O–H groups in total. The van der Waals surface area contributed by atoms with E-state index in [4.69, 9.17) is 0 Å². The van der Waals surface area contributed by atoms with Gasteiger partial charge in [-0.3, -0.25) is 0 Å². The summed E-state index contributed by atoms with van der Waals surface area (Å²) in [6.07, 6.45) is 0.847. The molecule has 21 heavy (non-hydrogen) atoms. The fraction of sp³-hybridized carbons (Fsp3) is 0.462. The Morgan fingerprint density at radius 3 is 2.81 bits per heavy atom. The van der Waals surface area contributed by atoms with Crippen LogP contribution in [0, 0.1) is 6.92 Å². The minimum Gasteiger partial charge on any atom is -0.317 e.